The van der Waals surface area contributed by atoms with E-state index in [1.807, 2.05) is 12.1 Å². The molecule has 16 heavy (non-hydrogen) atoms. The van der Waals surface area contributed by atoms with E-state index in [0.717, 1.165) is 24.5 Å². The molecule has 1 N–H and O–H groups in total. The quantitative estimate of drug-likeness (QED) is 0.843. The highest BCUT2D eigenvalue weighted by molar-refractivity contribution is 6.42. The zero-order chi connectivity index (χ0) is 11.6. The molecule has 1 saturated carbocycles. The van der Waals surface area contributed by atoms with E-state index < -0.39 is 0 Å². The molecular weight excluding hydrogens is 241 g/mol. The van der Waals surface area contributed by atoms with Gasteiger partial charge in [-0.05, 0) is 42.9 Å². The Bertz CT molecular complexity index is 372. The molecule has 0 aliphatic heterocycles. The molecule has 3 heteroatoms. The molecule has 0 aromatic heterocycles. The molecule has 0 amide bonds. The van der Waals surface area contributed by atoms with Crippen LogP contribution in [0, 0.1) is 5.41 Å². The average molecular weight is 258 g/mol. The maximum Gasteiger partial charge on any atom is 0.0624 e. The van der Waals surface area contributed by atoms with Gasteiger partial charge < -0.3 is 5.32 Å². The van der Waals surface area contributed by atoms with Gasteiger partial charge in [-0.2, -0.15) is 0 Å². The summed E-state index contributed by atoms with van der Waals surface area (Å²) in [5.74, 6) is 0. The van der Waals surface area contributed by atoms with E-state index in [4.69, 9.17) is 23.2 Å². The van der Waals surface area contributed by atoms with Crippen LogP contribution in [-0.4, -0.2) is 13.1 Å². The maximum absolute atomic E-state index is 6.21. The van der Waals surface area contributed by atoms with Gasteiger partial charge in [-0.1, -0.05) is 42.3 Å². The van der Waals surface area contributed by atoms with Crippen molar-refractivity contribution in [2.45, 2.75) is 26.2 Å². The molecule has 0 radical (unpaired) electrons. The minimum atomic E-state index is 0.435. The summed E-state index contributed by atoms with van der Waals surface area (Å²) in [6.45, 7) is 4.26. The molecule has 0 unspecified atom stereocenters. The monoisotopic (exact) mass is 257 g/mol. The summed E-state index contributed by atoms with van der Waals surface area (Å²) in [6.07, 6.45) is 3.63. The lowest BCUT2D eigenvalue weighted by Crippen LogP contribution is -2.25. The third kappa shape index (κ3) is 2.71. The number of benzene rings is 1. The molecule has 0 heterocycles. The van der Waals surface area contributed by atoms with Gasteiger partial charge >= 0.3 is 0 Å². The molecule has 2 rings (SSSR count). The number of hydrogen-bond donors (Lipinski definition) is 1. The van der Waals surface area contributed by atoms with Crippen LogP contribution in [-0.2, 0) is 6.42 Å². The van der Waals surface area contributed by atoms with Crippen molar-refractivity contribution in [3.05, 3.63) is 33.8 Å². The maximum atomic E-state index is 6.21. The van der Waals surface area contributed by atoms with Gasteiger partial charge in [0.1, 0.15) is 0 Å². The lowest BCUT2D eigenvalue weighted by molar-refractivity contribution is 0.463. The Balaban J connectivity index is 2.06. The summed E-state index contributed by atoms with van der Waals surface area (Å²) in [4.78, 5) is 0. The number of nitrogens with one attached hydrogen (secondary N) is 1. The van der Waals surface area contributed by atoms with Crippen molar-refractivity contribution in [3.63, 3.8) is 0 Å². The van der Waals surface area contributed by atoms with Crippen LogP contribution in [0.4, 0.5) is 0 Å². The second-order valence-corrected chi connectivity index (χ2v) is 5.46. The van der Waals surface area contributed by atoms with Gasteiger partial charge in [-0.25, -0.2) is 0 Å². The minimum absolute atomic E-state index is 0.435. The largest absolute Gasteiger partial charge is 0.316 e. The van der Waals surface area contributed by atoms with E-state index in [9.17, 15) is 0 Å². The van der Waals surface area contributed by atoms with Gasteiger partial charge in [-0.15, -0.1) is 0 Å². The molecule has 0 atom stereocenters. The fraction of sp³-hybridized carbons (Fsp3) is 0.538. The Hall–Kier alpha value is -0.240. The topological polar surface area (TPSA) is 12.0 Å². The van der Waals surface area contributed by atoms with Gasteiger partial charge in [0.15, 0.2) is 0 Å². The van der Waals surface area contributed by atoms with Gasteiger partial charge in [0.05, 0.1) is 10.0 Å². The summed E-state index contributed by atoms with van der Waals surface area (Å²) in [5, 5.41) is 4.82. The third-order valence-electron chi connectivity index (χ3n) is 3.30. The third-order valence-corrected chi connectivity index (χ3v) is 4.16. The Morgan fingerprint density at radius 1 is 1.31 bits per heavy atom. The first-order valence-electron chi connectivity index (χ1n) is 5.80. The lowest BCUT2D eigenvalue weighted by atomic mass is 9.96. The van der Waals surface area contributed by atoms with E-state index >= 15 is 0 Å². The molecule has 1 aliphatic rings. The van der Waals surface area contributed by atoms with Crippen molar-refractivity contribution in [2.24, 2.45) is 5.41 Å². The minimum Gasteiger partial charge on any atom is -0.316 e. The van der Waals surface area contributed by atoms with Crippen molar-refractivity contribution in [2.75, 3.05) is 13.1 Å². The van der Waals surface area contributed by atoms with Gasteiger partial charge in [0.25, 0.3) is 0 Å². The fourth-order valence-corrected chi connectivity index (χ4v) is 2.46. The number of halogens is 2. The molecule has 0 spiro atoms. The molecular formula is C13H17Cl2N. The van der Waals surface area contributed by atoms with Crippen molar-refractivity contribution >= 4 is 23.2 Å². The zero-order valence-corrected chi connectivity index (χ0v) is 11.0. The SMILES string of the molecule is CCNCC1(Cc2cccc(Cl)c2Cl)CC1. The molecule has 88 valence electrons. The number of rotatable bonds is 5. The predicted molar refractivity (Wildman–Crippen MR) is 70.4 cm³/mol. The smallest absolute Gasteiger partial charge is 0.0624 e. The van der Waals surface area contributed by atoms with Crippen molar-refractivity contribution in [1.82, 2.24) is 5.32 Å². The Labute approximate surface area is 107 Å². The van der Waals surface area contributed by atoms with Crippen LogP contribution in [0.2, 0.25) is 10.0 Å². The standard InChI is InChI=1S/C13H17Cl2N/c1-2-16-9-13(6-7-13)8-10-4-3-5-11(14)12(10)15/h3-5,16H,2,6-9H2,1H3. The van der Waals surface area contributed by atoms with Gasteiger partial charge in [0.2, 0.25) is 0 Å². The van der Waals surface area contributed by atoms with Crippen LogP contribution in [0.1, 0.15) is 25.3 Å². The van der Waals surface area contributed by atoms with Crippen molar-refractivity contribution in [3.8, 4) is 0 Å². The van der Waals surface area contributed by atoms with E-state index in [1.165, 1.54) is 18.4 Å². The highest BCUT2D eigenvalue weighted by atomic mass is 35.5. The molecule has 0 saturated heterocycles. The lowest BCUT2D eigenvalue weighted by Gasteiger charge is -2.16. The molecule has 1 fully saturated rings. The normalized spacial score (nSPS) is 17.4. The van der Waals surface area contributed by atoms with Crippen molar-refractivity contribution < 1.29 is 0 Å². The van der Waals surface area contributed by atoms with E-state index in [-0.39, 0.29) is 0 Å². The Morgan fingerprint density at radius 3 is 2.69 bits per heavy atom. The molecule has 1 aromatic rings. The van der Waals surface area contributed by atoms with E-state index in [2.05, 4.69) is 18.3 Å². The van der Waals surface area contributed by atoms with Crippen LogP contribution in [0.5, 0.6) is 0 Å². The summed E-state index contributed by atoms with van der Waals surface area (Å²) in [7, 11) is 0. The van der Waals surface area contributed by atoms with Crippen LogP contribution < -0.4 is 5.32 Å². The second kappa shape index (κ2) is 4.95. The van der Waals surface area contributed by atoms with Crippen molar-refractivity contribution in [1.29, 1.82) is 0 Å². The van der Waals surface area contributed by atoms with E-state index in [0.29, 0.717) is 10.4 Å². The molecule has 1 aliphatic carbocycles. The van der Waals surface area contributed by atoms with Gasteiger partial charge in [-0.3, -0.25) is 0 Å². The summed E-state index contributed by atoms with van der Waals surface area (Å²) < 4.78 is 0. The molecule has 0 bridgehead atoms. The second-order valence-electron chi connectivity index (χ2n) is 4.67. The predicted octanol–water partition coefficient (Wildman–Crippen LogP) is 3.93. The Kier molecular flexibility index (Phi) is 3.78. The highest BCUT2D eigenvalue weighted by Gasteiger charge is 2.42. The zero-order valence-electron chi connectivity index (χ0n) is 9.52. The summed E-state index contributed by atoms with van der Waals surface area (Å²) >= 11 is 12.2. The van der Waals surface area contributed by atoms with E-state index in [1.54, 1.807) is 0 Å². The highest BCUT2D eigenvalue weighted by Crippen LogP contribution is 2.49. The molecule has 1 nitrogen and oxygen atoms in total. The fourth-order valence-electron chi connectivity index (χ4n) is 2.07. The number of hydrogen-bond acceptors (Lipinski definition) is 1. The van der Waals surface area contributed by atoms with Gasteiger partial charge in [0, 0.05) is 6.54 Å². The Morgan fingerprint density at radius 2 is 2.06 bits per heavy atom. The molecule has 1 aromatic carbocycles. The summed E-state index contributed by atoms with van der Waals surface area (Å²) in [6, 6.07) is 5.91. The first kappa shape index (κ1) is 12.2. The van der Waals surface area contributed by atoms with Crippen LogP contribution in [0.15, 0.2) is 18.2 Å². The van der Waals surface area contributed by atoms with Crippen LogP contribution in [0.3, 0.4) is 0 Å². The van der Waals surface area contributed by atoms with Crippen LogP contribution in [0.25, 0.3) is 0 Å². The van der Waals surface area contributed by atoms with Crippen LogP contribution >= 0.6 is 23.2 Å². The first-order chi connectivity index (χ1) is 7.67. The average Bonchev–Trinajstić information content (AvgIpc) is 3.03. The first-order valence-corrected chi connectivity index (χ1v) is 6.56. The summed E-state index contributed by atoms with van der Waals surface area (Å²) in [5.41, 5.74) is 1.62.